The topological polar surface area (TPSA) is 107 Å². The number of aliphatic hydroxyl groups is 1. The molecule has 0 spiro atoms. The summed E-state index contributed by atoms with van der Waals surface area (Å²) in [5, 5.41) is 24.1. The van der Waals surface area contributed by atoms with E-state index in [1.807, 2.05) is 42.3 Å². The maximum Gasteiger partial charge on any atom is 0.258 e. The van der Waals surface area contributed by atoms with Crippen molar-refractivity contribution in [2.45, 2.75) is 38.3 Å². The first-order valence-corrected chi connectivity index (χ1v) is 11.4. The maximum absolute atomic E-state index is 13.5. The first-order chi connectivity index (χ1) is 16.5. The number of anilines is 1. The van der Waals surface area contributed by atoms with Crippen molar-refractivity contribution in [2.24, 2.45) is 0 Å². The second-order valence-corrected chi connectivity index (χ2v) is 8.69. The predicted octanol–water partition coefficient (Wildman–Crippen LogP) is 3.00. The minimum Gasteiger partial charge on any atom is -0.496 e. The molecule has 34 heavy (non-hydrogen) atoms. The zero-order valence-corrected chi connectivity index (χ0v) is 19.2. The number of aliphatic hydroxyl groups excluding tert-OH is 1. The summed E-state index contributed by atoms with van der Waals surface area (Å²) in [5.41, 5.74) is 3.18. The molecular formula is C25H26N6O3. The summed E-state index contributed by atoms with van der Waals surface area (Å²) in [6, 6.07) is 11.1. The van der Waals surface area contributed by atoms with E-state index in [1.54, 1.807) is 34.9 Å². The van der Waals surface area contributed by atoms with Crippen LogP contribution in [0.25, 0.3) is 5.65 Å². The molecular weight excluding hydrogens is 432 g/mol. The van der Waals surface area contributed by atoms with Crippen LogP contribution in [0.15, 0.2) is 48.3 Å². The number of β-amino-alcohol motifs (C(OH)–C–C–N with tert-alkyl or cyclic N) is 1. The number of hydrogen-bond donors (Lipinski definition) is 1. The first kappa shape index (κ1) is 21.9. The van der Waals surface area contributed by atoms with Crippen molar-refractivity contribution in [3.05, 3.63) is 65.1 Å². The number of nitriles is 1. The molecule has 4 heterocycles. The number of nitrogens with zero attached hydrogens (tertiary/aromatic N) is 6. The van der Waals surface area contributed by atoms with Gasteiger partial charge in [-0.1, -0.05) is 12.1 Å². The van der Waals surface area contributed by atoms with Gasteiger partial charge in [-0.2, -0.15) is 10.4 Å². The number of methoxy groups -OCH3 is 1. The number of rotatable bonds is 4. The molecule has 1 fully saturated rings. The Morgan fingerprint density at radius 3 is 2.88 bits per heavy atom. The number of ether oxygens (including phenoxy) is 1. The normalized spacial score (nSPS) is 20.4. The zero-order valence-electron chi connectivity index (χ0n) is 19.2. The van der Waals surface area contributed by atoms with E-state index in [1.165, 1.54) is 0 Å². The second-order valence-electron chi connectivity index (χ2n) is 8.69. The second kappa shape index (κ2) is 8.80. The van der Waals surface area contributed by atoms with Gasteiger partial charge in [0.1, 0.15) is 17.7 Å². The van der Waals surface area contributed by atoms with Crippen molar-refractivity contribution in [1.29, 1.82) is 5.26 Å². The third kappa shape index (κ3) is 3.76. The van der Waals surface area contributed by atoms with Crippen molar-refractivity contribution in [2.75, 3.05) is 25.1 Å². The van der Waals surface area contributed by atoms with Gasteiger partial charge in [-0.3, -0.25) is 4.79 Å². The molecule has 9 heteroatoms. The lowest BCUT2D eigenvalue weighted by atomic mass is 9.98. The molecule has 0 aliphatic carbocycles. The first-order valence-electron chi connectivity index (χ1n) is 11.4. The van der Waals surface area contributed by atoms with Gasteiger partial charge in [-0.05, 0) is 38.3 Å². The zero-order chi connectivity index (χ0) is 23.8. The van der Waals surface area contributed by atoms with Crippen LogP contribution in [0.1, 0.15) is 46.9 Å². The van der Waals surface area contributed by atoms with Crippen LogP contribution < -0.4 is 9.64 Å². The highest BCUT2D eigenvalue weighted by Crippen LogP contribution is 2.34. The van der Waals surface area contributed by atoms with Crippen LogP contribution in [0.4, 0.5) is 5.82 Å². The van der Waals surface area contributed by atoms with Crippen LogP contribution in [-0.4, -0.2) is 56.8 Å². The molecule has 2 aliphatic rings. The average molecular weight is 459 g/mol. The Bertz CT molecular complexity index is 1320. The number of carbonyl (C=O) groups excluding carboxylic acids is 1. The van der Waals surface area contributed by atoms with E-state index in [2.05, 4.69) is 0 Å². The van der Waals surface area contributed by atoms with Crippen molar-refractivity contribution >= 4 is 17.4 Å². The number of aromatic nitrogens is 3. The summed E-state index contributed by atoms with van der Waals surface area (Å²) in [5.74, 6) is 1.17. The highest BCUT2D eigenvalue weighted by molar-refractivity contribution is 5.97. The van der Waals surface area contributed by atoms with Crippen LogP contribution >= 0.6 is 0 Å². The molecule has 1 N–H and O–H groups in total. The number of amides is 1. The summed E-state index contributed by atoms with van der Waals surface area (Å²) in [6.07, 6.45) is 5.49. The van der Waals surface area contributed by atoms with Gasteiger partial charge in [0, 0.05) is 30.6 Å². The number of hydrogen-bond acceptors (Lipinski definition) is 7. The number of fused-ring (bicyclic) bond motifs is 1. The monoisotopic (exact) mass is 458 g/mol. The molecule has 1 aromatic carbocycles. The molecule has 9 nitrogen and oxygen atoms in total. The predicted molar refractivity (Wildman–Crippen MR) is 125 cm³/mol. The quantitative estimate of drug-likeness (QED) is 0.640. The molecule has 0 saturated carbocycles. The lowest BCUT2D eigenvalue weighted by Crippen LogP contribution is -2.38. The number of aryl methyl sites for hydroxylation is 1. The number of piperidine rings is 1. The average Bonchev–Trinajstić information content (AvgIpc) is 3.45. The van der Waals surface area contributed by atoms with Crippen molar-refractivity contribution < 1.29 is 14.6 Å². The lowest BCUT2D eigenvalue weighted by molar-refractivity contribution is 0.0602. The van der Waals surface area contributed by atoms with Gasteiger partial charge in [0.2, 0.25) is 0 Å². The highest BCUT2D eigenvalue weighted by Gasteiger charge is 2.32. The van der Waals surface area contributed by atoms with Gasteiger partial charge in [-0.15, -0.1) is 0 Å². The van der Waals surface area contributed by atoms with Crippen LogP contribution in [0.3, 0.4) is 0 Å². The number of para-hydroxylation sites is 1. The van der Waals surface area contributed by atoms with Crippen molar-refractivity contribution in [3.8, 4) is 11.8 Å². The minimum absolute atomic E-state index is 0.0655. The molecule has 174 valence electrons. The Balaban J connectivity index is 1.49. The molecule has 1 saturated heterocycles. The molecule has 2 aromatic heterocycles. The number of benzene rings is 1. The highest BCUT2D eigenvalue weighted by atomic mass is 16.5. The van der Waals surface area contributed by atoms with Gasteiger partial charge in [0.15, 0.2) is 5.65 Å². The van der Waals surface area contributed by atoms with Crippen LogP contribution in [-0.2, 0) is 0 Å². The summed E-state index contributed by atoms with van der Waals surface area (Å²) < 4.78 is 7.15. The molecule has 1 amide bonds. The smallest absolute Gasteiger partial charge is 0.258 e. The molecule has 3 aromatic rings. The molecule has 0 radical (unpaired) electrons. The molecule has 0 bridgehead atoms. The molecule has 5 rings (SSSR count). The number of likely N-dealkylation sites (tertiary alicyclic amines) is 1. The van der Waals surface area contributed by atoms with Crippen LogP contribution in [0.2, 0.25) is 0 Å². The third-order valence-corrected chi connectivity index (χ3v) is 6.49. The largest absolute Gasteiger partial charge is 0.496 e. The molecule has 2 aliphatic heterocycles. The summed E-state index contributed by atoms with van der Waals surface area (Å²) in [6.45, 7) is 2.87. The van der Waals surface area contributed by atoms with Gasteiger partial charge in [0.05, 0.1) is 42.6 Å². The Morgan fingerprint density at radius 1 is 1.29 bits per heavy atom. The summed E-state index contributed by atoms with van der Waals surface area (Å²) in [7, 11) is 1.57. The van der Waals surface area contributed by atoms with E-state index < -0.39 is 6.10 Å². The molecule has 0 unspecified atom stereocenters. The summed E-state index contributed by atoms with van der Waals surface area (Å²) >= 11 is 0. The Morgan fingerprint density at radius 2 is 2.12 bits per heavy atom. The van der Waals surface area contributed by atoms with Crippen molar-refractivity contribution in [1.82, 2.24) is 19.5 Å². The van der Waals surface area contributed by atoms with Crippen LogP contribution in [0, 0.1) is 18.3 Å². The summed E-state index contributed by atoms with van der Waals surface area (Å²) in [4.78, 5) is 21.9. The Kier molecular flexibility index (Phi) is 5.67. The maximum atomic E-state index is 13.5. The lowest BCUT2D eigenvalue weighted by Gasteiger charge is -2.35. The van der Waals surface area contributed by atoms with Gasteiger partial charge in [0.25, 0.3) is 5.91 Å². The van der Waals surface area contributed by atoms with Gasteiger partial charge in [-0.25, -0.2) is 9.50 Å². The molecule has 2 atom stereocenters. The van der Waals surface area contributed by atoms with E-state index in [0.717, 1.165) is 30.5 Å². The van der Waals surface area contributed by atoms with Crippen LogP contribution in [0.5, 0.6) is 5.75 Å². The number of carbonyl (C=O) groups is 1. The van der Waals surface area contributed by atoms with E-state index in [0.29, 0.717) is 34.9 Å². The minimum atomic E-state index is -0.820. The fraction of sp³-hybridized carbons (Fsp3) is 0.360. The van der Waals surface area contributed by atoms with E-state index in [9.17, 15) is 15.2 Å². The SMILES string of the molecule is COc1ccccc1C(=O)N1CCCC[C@H]1c1cc2nc(N3C=C(C#N)[C@@H](O)C3)c(C)cn2n1. The fourth-order valence-electron chi connectivity index (χ4n) is 4.77. The fourth-order valence-corrected chi connectivity index (χ4v) is 4.77. The van der Waals surface area contributed by atoms with E-state index >= 15 is 0 Å². The van der Waals surface area contributed by atoms with E-state index in [-0.39, 0.29) is 18.5 Å². The standard InChI is InChI=1S/C25H26N6O3/c1-16-13-31-23(27-24(16)29-14-17(12-26)21(32)15-29)11-19(28-31)20-8-5-6-10-30(20)25(33)18-7-3-4-9-22(18)34-2/h3-4,7,9,11,13-14,20-21,32H,5-6,8,10,15H2,1-2H3/t20-,21-/m0/s1. The Hall–Kier alpha value is -3.90. The van der Waals surface area contributed by atoms with Crippen molar-refractivity contribution in [3.63, 3.8) is 0 Å². The Labute approximate surface area is 197 Å². The third-order valence-electron chi connectivity index (χ3n) is 6.49. The van der Waals surface area contributed by atoms with Gasteiger partial charge < -0.3 is 19.6 Å². The van der Waals surface area contributed by atoms with E-state index in [4.69, 9.17) is 14.8 Å². The van der Waals surface area contributed by atoms with Gasteiger partial charge >= 0.3 is 0 Å².